The minimum absolute atomic E-state index is 0.551. The van der Waals surface area contributed by atoms with E-state index < -0.39 is 0 Å². The van der Waals surface area contributed by atoms with E-state index in [2.05, 4.69) is 4.99 Å². The molecule has 0 saturated carbocycles. The molecule has 1 aromatic heterocycles. The zero-order valence-electron chi connectivity index (χ0n) is 8.01. The number of benzene rings is 1. The van der Waals surface area contributed by atoms with Crippen LogP contribution in [0.15, 0.2) is 52.1 Å². The highest BCUT2D eigenvalue weighted by molar-refractivity contribution is 5.94. The number of fused-ring (bicyclic) bond motifs is 1. The van der Waals surface area contributed by atoms with Gasteiger partial charge in [-0.15, -0.1) is 0 Å². The third-order valence-electron chi connectivity index (χ3n) is 2.31. The van der Waals surface area contributed by atoms with Crippen molar-refractivity contribution in [3.63, 3.8) is 0 Å². The maximum atomic E-state index is 5.51. The fourth-order valence-electron chi connectivity index (χ4n) is 1.56. The van der Waals surface area contributed by atoms with Crippen LogP contribution in [0.5, 0.6) is 0 Å². The summed E-state index contributed by atoms with van der Waals surface area (Å²) < 4.78 is 10.7. The minimum atomic E-state index is 0.551. The number of para-hydroxylation sites is 1. The number of furan rings is 1. The van der Waals surface area contributed by atoms with Gasteiger partial charge in [-0.2, -0.15) is 0 Å². The molecular formula is C12H9NO2. The van der Waals surface area contributed by atoms with Crippen LogP contribution in [0.3, 0.4) is 0 Å². The largest absolute Gasteiger partial charge is 0.470 e. The molecule has 0 amide bonds. The molecule has 0 saturated heterocycles. The number of aliphatic imine (C=N–C) groups is 1. The van der Waals surface area contributed by atoms with E-state index >= 15 is 0 Å². The summed E-state index contributed by atoms with van der Waals surface area (Å²) in [6, 6.07) is 11.6. The van der Waals surface area contributed by atoms with Gasteiger partial charge in [0.05, 0.1) is 12.0 Å². The van der Waals surface area contributed by atoms with Gasteiger partial charge in [0, 0.05) is 5.56 Å². The Labute approximate surface area is 87.0 Å². The minimum Gasteiger partial charge on any atom is -0.470 e. The molecular weight excluding hydrogens is 190 g/mol. The van der Waals surface area contributed by atoms with Gasteiger partial charge in [-0.05, 0) is 18.2 Å². The summed E-state index contributed by atoms with van der Waals surface area (Å²) in [5.41, 5.74) is 2.06. The molecule has 0 aliphatic carbocycles. The Morgan fingerprint density at radius 3 is 2.87 bits per heavy atom. The number of rotatable bonds is 1. The summed E-state index contributed by atoms with van der Waals surface area (Å²) in [6.07, 6.45) is 1.61. The molecule has 1 aromatic carbocycles. The molecule has 2 heterocycles. The quantitative estimate of drug-likeness (QED) is 0.707. The van der Waals surface area contributed by atoms with Gasteiger partial charge >= 0.3 is 0 Å². The van der Waals surface area contributed by atoms with Crippen molar-refractivity contribution in [3.8, 4) is 0 Å². The van der Waals surface area contributed by atoms with Crippen LogP contribution in [-0.2, 0) is 11.3 Å². The lowest BCUT2D eigenvalue weighted by Crippen LogP contribution is -2.09. The summed E-state index contributed by atoms with van der Waals surface area (Å²) in [7, 11) is 0. The zero-order valence-corrected chi connectivity index (χ0v) is 8.01. The van der Waals surface area contributed by atoms with Crippen LogP contribution >= 0.6 is 0 Å². The van der Waals surface area contributed by atoms with Gasteiger partial charge in [0.25, 0.3) is 5.90 Å². The molecule has 3 nitrogen and oxygen atoms in total. The topological polar surface area (TPSA) is 34.7 Å². The molecule has 3 rings (SSSR count). The summed E-state index contributed by atoms with van der Waals surface area (Å²) in [5.74, 6) is 1.23. The molecule has 74 valence electrons. The molecule has 0 N–H and O–H groups in total. The first-order chi connectivity index (χ1) is 7.43. The van der Waals surface area contributed by atoms with E-state index in [1.165, 1.54) is 0 Å². The zero-order chi connectivity index (χ0) is 10.1. The van der Waals surface area contributed by atoms with Crippen molar-refractivity contribution in [2.75, 3.05) is 0 Å². The second kappa shape index (κ2) is 3.28. The molecule has 15 heavy (non-hydrogen) atoms. The third kappa shape index (κ3) is 1.42. The van der Waals surface area contributed by atoms with E-state index in [1.54, 1.807) is 6.26 Å². The third-order valence-corrected chi connectivity index (χ3v) is 2.31. The summed E-state index contributed by atoms with van der Waals surface area (Å²) in [5, 5.41) is 0. The van der Waals surface area contributed by atoms with Gasteiger partial charge in [0.1, 0.15) is 6.61 Å². The Balaban J connectivity index is 2.06. The van der Waals surface area contributed by atoms with Crippen LogP contribution in [0.2, 0.25) is 0 Å². The fraction of sp³-hybridized carbons (Fsp3) is 0.0833. The number of hydrogen-bond acceptors (Lipinski definition) is 3. The van der Waals surface area contributed by atoms with Crippen molar-refractivity contribution in [1.82, 2.24) is 0 Å². The Morgan fingerprint density at radius 1 is 1.07 bits per heavy atom. The second-order valence-electron chi connectivity index (χ2n) is 3.31. The lowest BCUT2D eigenvalue weighted by Gasteiger charge is -2.14. The van der Waals surface area contributed by atoms with E-state index in [-0.39, 0.29) is 0 Å². The number of ether oxygens (including phenoxy) is 1. The van der Waals surface area contributed by atoms with Gasteiger partial charge in [0.2, 0.25) is 0 Å². The normalized spacial score (nSPS) is 14.0. The van der Waals surface area contributed by atoms with Crippen molar-refractivity contribution in [1.29, 1.82) is 0 Å². The highest BCUT2D eigenvalue weighted by atomic mass is 16.5. The first-order valence-electron chi connectivity index (χ1n) is 4.77. The predicted octanol–water partition coefficient (Wildman–Crippen LogP) is 2.89. The molecule has 2 aromatic rings. The molecule has 3 heteroatoms. The number of hydrogen-bond donors (Lipinski definition) is 0. The first-order valence-corrected chi connectivity index (χ1v) is 4.77. The molecule has 1 aliphatic rings. The van der Waals surface area contributed by atoms with Crippen molar-refractivity contribution in [2.24, 2.45) is 4.99 Å². The van der Waals surface area contributed by atoms with Crippen molar-refractivity contribution in [2.45, 2.75) is 6.61 Å². The van der Waals surface area contributed by atoms with Crippen molar-refractivity contribution >= 4 is 11.6 Å². The molecule has 0 fully saturated rings. The van der Waals surface area contributed by atoms with Crippen LogP contribution in [0.4, 0.5) is 5.69 Å². The average molecular weight is 199 g/mol. The van der Waals surface area contributed by atoms with E-state index in [0.717, 1.165) is 11.3 Å². The standard InChI is InChI=1S/C12H9NO2/c1-2-5-10-9(4-1)8-15-12(13-10)11-6-3-7-14-11/h1-7H,8H2. The molecule has 0 unspecified atom stereocenters. The Hall–Kier alpha value is -2.03. The van der Waals surface area contributed by atoms with Gasteiger partial charge < -0.3 is 9.15 Å². The Morgan fingerprint density at radius 2 is 2.00 bits per heavy atom. The molecule has 0 spiro atoms. The highest BCUT2D eigenvalue weighted by Crippen LogP contribution is 2.25. The van der Waals surface area contributed by atoms with E-state index in [0.29, 0.717) is 18.3 Å². The molecule has 1 aliphatic heterocycles. The summed E-state index contributed by atoms with van der Waals surface area (Å²) in [4.78, 5) is 4.39. The van der Waals surface area contributed by atoms with Crippen molar-refractivity contribution < 1.29 is 9.15 Å². The monoisotopic (exact) mass is 199 g/mol. The van der Waals surface area contributed by atoms with Gasteiger partial charge in [0.15, 0.2) is 5.76 Å². The maximum absolute atomic E-state index is 5.51. The van der Waals surface area contributed by atoms with Gasteiger partial charge in [-0.3, -0.25) is 0 Å². The van der Waals surface area contributed by atoms with E-state index in [9.17, 15) is 0 Å². The SMILES string of the molecule is c1coc(C2=Nc3ccccc3CO2)c1. The van der Waals surface area contributed by atoms with Crippen LogP contribution in [0.25, 0.3) is 0 Å². The average Bonchev–Trinajstić information content (AvgIpc) is 2.82. The van der Waals surface area contributed by atoms with Crippen LogP contribution in [0.1, 0.15) is 11.3 Å². The second-order valence-corrected chi connectivity index (χ2v) is 3.31. The molecule has 0 atom stereocenters. The van der Waals surface area contributed by atoms with E-state index in [1.807, 2.05) is 36.4 Å². The lowest BCUT2D eigenvalue weighted by atomic mass is 10.2. The van der Waals surface area contributed by atoms with Gasteiger partial charge in [-0.25, -0.2) is 4.99 Å². The Bertz CT molecular complexity index is 500. The molecule has 0 radical (unpaired) electrons. The Kier molecular flexibility index (Phi) is 1.81. The number of nitrogens with zero attached hydrogens (tertiary/aromatic N) is 1. The van der Waals surface area contributed by atoms with Crippen molar-refractivity contribution in [3.05, 3.63) is 54.0 Å². The summed E-state index contributed by atoms with van der Waals surface area (Å²) >= 11 is 0. The maximum Gasteiger partial charge on any atom is 0.258 e. The summed E-state index contributed by atoms with van der Waals surface area (Å²) in [6.45, 7) is 0.551. The van der Waals surface area contributed by atoms with Crippen LogP contribution in [0, 0.1) is 0 Å². The smallest absolute Gasteiger partial charge is 0.258 e. The van der Waals surface area contributed by atoms with Crippen LogP contribution < -0.4 is 0 Å². The molecule has 0 bridgehead atoms. The highest BCUT2D eigenvalue weighted by Gasteiger charge is 2.15. The van der Waals surface area contributed by atoms with Crippen LogP contribution in [-0.4, -0.2) is 5.90 Å². The van der Waals surface area contributed by atoms with Gasteiger partial charge in [-0.1, -0.05) is 18.2 Å². The predicted molar refractivity (Wildman–Crippen MR) is 56.1 cm³/mol. The van der Waals surface area contributed by atoms with E-state index in [4.69, 9.17) is 9.15 Å². The lowest BCUT2D eigenvalue weighted by molar-refractivity contribution is 0.280. The fourth-order valence-corrected chi connectivity index (χ4v) is 1.56. The first kappa shape index (κ1) is 8.29.